The van der Waals surface area contributed by atoms with E-state index in [2.05, 4.69) is 20.4 Å². The van der Waals surface area contributed by atoms with Crippen molar-refractivity contribution in [2.45, 2.75) is 0 Å². The molecule has 0 bridgehead atoms. The van der Waals surface area contributed by atoms with E-state index in [1.807, 2.05) is 60.5 Å². The second-order valence-electron chi connectivity index (χ2n) is 5.12. The first-order valence-electron chi connectivity index (χ1n) is 7.05. The Morgan fingerprint density at radius 3 is 2.78 bits per heavy atom. The highest BCUT2D eigenvalue weighted by atomic mass is 35.5. The summed E-state index contributed by atoms with van der Waals surface area (Å²) in [6.45, 7) is 0. The second-order valence-corrected chi connectivity index (χ2v) is 5.53. The summed E-state index contributed by atoms with van der Waals surface area (Å²) < 4.78 is 3.74. The number of para-hydroxylation sites is 1. The fraction of sp³-hybridized carbons (Fsp3) is 0.0625. The highest BCUT2D eigenvalue weighted by molar-refractivity contribution is 6.33. The van der Waals surface area contributed by atoms with E-state index < -0.39 is 0 Å². The van der Waals surface area contributed by atoms with Gasteiger partial charge in [-0.2, -0.15) is 5.10 Å². The number of aryl methyl sites for hydroxylation is 1. The van der Waals surface area contributed by atoms with E-state index in [-0.39, 0.29) is 0 Å². The molecule has 6 nitrogen and oxygen atoms in total. The van der Waals surface area contributed by atoms with Crippen LogP contribution < -0.4 is 5.32 Å². The highest BCUT2D eigenvalue weighted by Gasteiger charge is 2.12. The lowest BCUT2D eigenvalue weighted by Crippen LogP contribution is -1.98. The Bertz CT molecular complexity index is 987. The number of benzene rings is 1. The van der Waals surface area contributed by atoms with E-state index >= 15 is 0 Å². The van der Waals surface area contributed by atoms with Crippen LogP contribution in [0.5, 0.6) is 0 Å². The molecule has 4 rings (SSSR count). The number of aromatic nitrogens is 5. The summed E-state index contributed by atoms with van der Waals surface area (Å²) in [6.07, 6.45) is 9.18. The molecule has 4 aromatic rings. The van der Waals surface area contributed by atoms with E-state index in [4.69, 9.17) is 11.6 Å². The Labute approximate surface area is 137 Å². The molecule has 0 saturated heterocycles. The van der Waals surface area contributed by atoms with Gasteiger partial charge in [0.2, 0.25) is 0 Å². The van der Waals surface area contributed by atoms with Gasteiger partial charge < -0.3 is 5.32 Å². The van der Waals surface area contributed by atoms with Crippen molar-refractivity contribution in [3.63, 3.8) is 0 Å². The monoisotopic (exact) mass is 324 g/mol. The fourth-order valence-electron chi connectivity index (χ4n) is 2.46. The molecule has 0 radical (unpaired) electrons. The van der Waals surface area contributed by atoms with Gasteiger partial charge in [0.05, 0.1) is 28.8 Å². The zero-order chi connectivity index (χ0) is 15.8. The van der Waals surface area contributed by atoms with Crippen LogP contribution in [-0.2, 0) is 7.05 Å². The van der Waals surface area contributed by atoms with E-state index in [0.717, 1.165) is 22.6 Å². The Balaban J connectivity index is 1.80. The first-order chi connectivity index (χ1) is 11.2. The lowest BCUT2D eigenvalue weighted by Gasteiger charge is -2.08. The van der Waals surface area contributed by atoms with Gasteiger partial charge in [0.15, 0.2) is 11.5 Å². The molecule has 0 aliphatic rings. The molecular formula is C16H13ClN6. The second kappa shape index (κ2) is 5.40. The summed E-state index contributed by atoms with van der Waals surface area (Å²) in [5, 5.41) is 8.08. The van der Waals surface area contributed by atoms with Gasteiger partial charge in [-0.15, -0.1) is 0 Å². The van der Waals surface area contributed by atoms with E-state index in [9.17, 15) is 0 Å². The quantitative estimate of drug-likeness (QED) is 0.626. The van der Waals surface area contributed by atoms with Gasteiger partial charge in [0, 0.05) is 31.2 Å². The number of nitrogens with one attached hydrogen (secondary N) is 1. The normalized spacial score (nSPS) is 11.0. The van der Waals surface area contributed by atoms with E-state index in [1.54, 1.807) is 10.9 Å². The Kier molecular flexibility index (Phi) is 3.24. The van der Waals surface area contributed by atoms with Gasteiger partial charge in [-0.1, -0.05) is 23.7 Å². The van der Waals surface area contributed by atoms with Crippen LogP contribution in [-0.4, -0.2) is 24.1 Å². The highest BCUT2D eigenvalue weighted by Crippen LogP contribution is 2.27. The van der Waals surface area contributed by atoms with Crippen molar-refractivity contribution in [3.8, 4) is 11.3 Å². The maximum absolute atomic E-state index is 6.20. The van der Waals surface area contributed by atoms with Crippen molar-refractivity contribution < 1.29 is 0 Å². The van der Waals surface area contributed by atoms with Crippen LogP contribution >= 0.6 is 11.6 Å². The number of fused-ring (bicyclic) bond motifs is 1. The van der Waals surface area contributed by atoms with Gasteiger partial charge in [-0.25, -0.2) is 9.97 Å². The largest absolute Gasteiger partial charge is 0.336 e. The predicted octanol–water partition coefficient (Wildman–Crippen LogP) is 3.53. The average Bonchev–Trinajstić information content (AvgIpc) is 3.16. The summed E-state index contributed by atoms with van der Waals surface area (Å²) in [4.78, 5) is 8.87. The van der Waals surface area contributed by atoms with Crippen molar-refractivity contribution in [2.75, 3.05) is 5.32 Å². The lowest BCUT2D eigenvalue weighted by molar-refractivity contribution is 0.768. The van der Waals surface area contributed by atoms with Crippen molar-refractivity contribution in [2.24, 2.45) is 7.05 Å². The molecule has 7 heteroatoms. The maximum Gasteiger partial charge on any atom is 0.180 e. The van der Waals surface area contributed by atoms with Gasteiger partial charge in [0.25, 0.3) is 0 Å². The first kappa shape index (κ1) is 13.8. The van der Waals surface area contributed by atoms with Crippen LogP contribution in [0.3, 0.4) is 0 Å². The molecule has 23 heavy (non-hydrogen) atoms. The molecule has 0 atom stereocenters. The lowest BCUT2D eigenvalue weighted by atomic mass is 10.3. The minimum Gasteiger partial charge on any atom is -0.336 e. The average molecular weight is 325 g/mol. The molecule has 0 amide bonds. The van der Waals surface area contributed by atoms with E-state index in [0.29, 0.717) is 10.8 Å². The zero-order valence-electron chi connectivity index (χ0n) is 12.3. The van der Waals surface area contributed by atoms with Crippen LogP contribution in [0.15, 0.2) is 55.2 Å². The molecular weight excluding hydrogens is 312 g/mol. The Hall–Kier alpha value is -2.86. The molecule has 0 saturated carbocycles. The van der Waals surface area contributed by atoms with Crippen LogP contribution in [0.25, 0.3) is 16.9 Å². The van der Waals surface area contributed by atoms with Crippen LogP contribution in [0.1, 0.15) is 0 Å². The van der Waals surface area contributed by atoms with Crippen LogP contribution in [0.2, 0.25) is 5.02 Å². The molecule has 1 N–H and O–H groups in total. The number of hydrogen-bond donors (Lipinski definition) is 1. The summed E-state index contributed by atoms with van der Waals surface area (Å²) in [5.41, 5.74) is 3.47. The van der Waals surface area contributed by atoms with Crippen molar-refractivity contribution in [1.82, 2.24) is 24.1 Å². The van der Waals surface area contributed by atoms with Crippen LogP contribution in [0, 0.1) is 0 Å². The fourth-order valence-corrected chi connectivity index (χ4v) is 2.65. The molecule has 0 aliphatic heterocycles. The topological polar surface area (TPSA) is 60.0 Å². The van der Waals surface area contributed by atoms with Gasteiger partial charge in [0.1, 0.15) is 0 Å². The van der Waals surface area contributed by atoms with Crippen molar-refractivity contribution in [1.29, 1.82) is 0 Å². The SMILES string of the molecule is Cn1cc(-c2cnc3c(Nc4ccccc4Cl)nccn23)cn1. The molecule has 114 valence electrons. The van der Waals surface area contributed by atoms with Gasteiger partial charge in [-0.05, 0) is 12.1 Å². The van der Waals surface area contributed by atoms with Gasteiger partial charge >= 0.3 is 0 Å². The zero-order valence-corrected chi connectivity index (χ0v) is 13.1. The summed E-state index contributed by atoms with van der Waals surface area (Å²) in [6, 6.07) is 7.54. The standard InChI is InChI=1S/C16H13ClN6/c1-22-10-11(8-20-22)14-9-19-16-15(18-6-7-23(14)16)21-13-5-3-2-4-12(13)17/h2-10H,1H3,(H,18,21). The number of rotatable bonds is 3. The summed E-state index contributed by atoms with van der Waals surface area (Å²) in [5.74, 6) is 0.649. The molecule has 0 spiro atoms. The smallest absolute Gasteiger partial charge is 0.180 e. The van der Waals surface area contributed by atoms with Gasteiger partial charge in [-0.3, -0.25) is 9.08 Å². The minimum absolute atomic E-state index is 0.635. The predicted molar refractivity (Wildman–Crippen MR) is 89.9 cm³/mol. The molecule has 0 aliphatic carbocycles. The molecule has 3 heterocycles. The summed E-state index contributed by atoms with van der Waals surface area (Å²) in [7, 11) is 1.89. The number of hydrogen-bond acceptors (Lipinski definition) is 4. The third kappa shape index (κ3) is 2.43. The summed E-state index contributed by atoms with van der Waals surface area (Å²) >= 11 is 6.20. The van der Waals surface area contributed by atoms with Crippen molar-refractivity contribution >= 4 is 28.8 Å². The van der Waals surface area contributed by atoms with Crippen LogP contribution in [0.4, 0.5) is 11.5 Å². The maximum atomic E-state index is 6.20. The molecule has 3 aromatic heterocycles. The molecule has 0 fully saturated rings. The van der Waals surface area contributed by atoms with E-state index in [1.165, 1.54) is 0 Å². The number of anilines is 2. The molecule has 0 unspecified atom stereocenters. The third-order valence-electron chi connectivity index (χ3n) is 3.56. The number of nitrogens with zero attached hydrogens (tertiary/aromatic N) is 5. The first-order valence-corrected chi connectivity index (χ1v) is 7.43. The Morgan fingerprint density at radius 1 is 1.13 bits per heavy atom. The minimum atomic E-state index is 0.635. The third-order valence-corrected chi connectivity index (χ3v) is 3.89. The van der Waals surface area contributed by atoms with Crippen molar-refractivity contribution in [3.05, 3.63) is 60.3 Å². The Morgan fingerprint density at radius 2 is 2.00 bits per heavy atom. The number of halogens is 1. The molecule has 1 aromatic carbocycles. The number of imidazole rings is 1.